The summed E-state index contributed by atoms with van der Waals surface area (Å²) >= 11 is 0. The molecule has 2 rings (SSSR count). The number of alkyl carbamates (subject to hydrolysis) is 1. The summed E-state index contributed by atoms with van der Waals surface area (Å²) in [6, 6.07) is 7.95. The fraction of sp³-hybridized carbons (Fsp3) is 0.429. The van der Waals surface area contributed by atoms with E-state index in [2.05, 4.69) is 10.7 Å². The van der Waals surface area contributed by atoms with Crippen LogP contribution in [0.2, 0.25) is 0 Å². The molecule has 1 aromatic carbocycles. The number of hydrogen-bond acceptors (Lipinski definition) is 9. The van der Waals surface area contributed by atoms with Crippen LogP contribution in [0.5, 0.6) is 0 Å². The van der Waals surface area contributed by atoms with Crippen molar-refractivity contribution in [2.24, 2.45) is 5.73 Å². The quantitative estimate of drug-likeness (QED) is 0.368. The lowest BCUT2D eigenvalue weighted by molar-refractivity contribution is -0.154. The third-order valence-corrected chi connectivity index (χ3v) is 4.97. The Labute approximate surface area is 191 Å². The van der Waals surface area contributed by atoms with E-state index in [9.17, 15) is 19.2 Å². The Morgan fingerprint density at radius 3 is 2.30 bits per heavy atom. The lowest BCUT2D eigenvalue weighted by Crippen LogP contribution is -2.70. The molecule has 3 amide bonds. The number of hydrogen-bond donors (Lipinski definition) is 3. The third kappa shape index (κ3) is 5.17. The molecular weight excluding hydrogens is 434 g/mol. The molecule has 0 spiro atoms. The highest BCUT2D eigenvalue weighted by Crippen LogP contribution is 2.39. The fourth-order valence-electron chi connectivity index (χ4n) is 3.77. The molecule has 0 saturated carbocycles. The summed E-state index contributed by atoms with van der Waals surface area (Å²) in [5.41, 5.74) is 6.17. The first-order valence-corrected chi connectivity index (χ1v) is 10.1. The van der Waals surface area contributed by atoms with Crippen molar-refractivity contribution in [3.05, 3.63) is 47.2 Å². The Hall–Kier alpha value is -3.80. The van der Waals surface area contributed by atoms with Gasteiger partial charge in [0.25, 0.3) is 0 Å². The Morgan fingerprint density at radius 2 is 1.79 bits per heavy atom. The van der Waals surface area contributed by atoms with Crippen molar-refractivity contribution in [3.63, 3.8) is 0 Å². The SMILES string of the molecule is CCOC(=O)C1=C(C)N(NC(N)=O)[C@@H](N(C)C)[C@]1(NC(=O)OCc1ccccc1)C(=O)OC. The minimum atomic E-state index is -2.12. The van der Waals surface area contributed by atoms with Crippen LogP contribution in [-0.4, -0.2) is 73.5 Å². The molecule has 0 unspecified atom stereocenters. The van der Waals surface area contributed by atoms with Gasteiger partial charge in [0.15, 0.2) is 0 Å². The summed E-state index contributed by atoms with van der Waals surface area (Å²) in [5.74, 6) is -1.86. The number of nitrogens with two attached hydrogens (primary N) is 1. The number of allylic oxidation sites excluding steroid dienone is 1. The van der Waals surface area contributed by atoms with Gasteiger partial charge in [0.05, 0.1) is 19.3 Å². The highest BCUT2D eigenvalue weighted by atomic mass is 16.6. The maximum absolute atomic E-state index is 13.2. The van der Waals surface area contributed by atoms with Crippen LogP contribution in [0.1, 0.15) is 19.4 Å². The lowest BCUT2D eigenvalue weighted by Gasteiger charge is -2.41. The average Bonchev–Trinajstić information content (AvgIpc) is 3.00. The molecule has 0 bridgehead atoms. The van der Waals surface area contributed by atoms with Crippen LogP contribution < -0.4 is 16.5 Å². The lowest BCUT2D eigenvalue weighted by atomic mass is 9.87. The highest BCUT2D eigenvalue weighted by molar-refractivity contribution is 6.05. The molecule has 4 N–H and O–H groups in total. The minimum Gasteiger partial charge on any atom is -0.467 e. The molecule has 12 heteroatoms. The van der Waals surface area contributed by atoms with Gasteiger partial charge < -0.3 is 19.9 Å². The van der Waals surface area contributed by atoms with Crippen LogP contribution in [0.25, 0.3) is 0 Å². The van der Waals surface area contributed by atoms with Gasteiger partial charge in [-0.05, 0) is 33.5 Å². The molecule has 0 aromatic heterocycles. The van der Waals surface area contributed by atoms with Gasteiger partial charge in [0, 0.05) is 5.70 Å². The second kappa shape index (κ2) is 10.7. The van der Waals surface area contributed by atoms with Crippen molar-refractivity contribution in [1.29, 1.82) is 0 Å². The van der Waals surface area contributed by atoms with Crippen LogP contribution in [0, 0.1) is 0 Å². The zero-order valence-electron chi connectivity index (χ0n) is 19.2. The maximum atomic E-state index is 13.2. The summed E-state index contributed by atoms with van der Waals surface area (Å²) in [5, 5.41) is 3.70. The van der Waals surface area contributed by atoms with Gasteiger partial charge in [-0.1, -0.05) is 30.3 Å². The standard InChI is InChI=1S/C21H29N5O7/c1-6-32-16(27)15-13(2)26(24-19(22)29)17(25(3)4)21(15,18(28)31-5)23-20(30)33-12-14-10-8-7-9-11-14/h7-11,17H,6,12H2,1-5H3,(H,23,30)(H3,22,24,29)/t17-,21+/m1/s1. The van der Waals surface area contributed by atoms with E-state index in [0.717, 1.165) is 7.11 Å². The Bertz CT molecular complexity index is 934. The van der Waals surface area contributed by atoms with Crippen LogP contribution in [-0.2, 0) is 30.4 Å². The van der Waals surface area contributed by atoms with Crippen LogP contribution in [0.15, 0.2) is 41.6 Å². The van der Waals surface area contributed by atoms with Crippen LogP contribution in [0.4, 0.5) is 9.59 Å². The number of esters is 2. The number of methoxy groups -OCH3 is 1. The highest BCUT2D eigenvalue weighted by Gasteiger charge is 2.63. The summed E-state index contributed by atoms with van der Waals surface area (Å²) in [7, 11) is 4.27. The first kappa shape index (κ1) is 25.5. The summed E-state index contributed by atoms with van der Waals surface area (Å²) in [4.78, 5) is 52.3. The van der Waals surface area contributed by atoms with E-state index in [-0.39, 0.29) is 24.5 Å². The number of ether oxygens (including phenoxy) is 3. The van der Waals surface area contributed by atoms with E-state index in [1.54, 1.807) is 45.3 Å². The van der Waals surface area contributed by atoms with Gasteiger partial charge in [-0.2, -0.15) is 0 Å². The van der Waals surface area contributed by atoms with Crippen molar-refractivity contribution in [2.45, 2.75) is 32.2 Å². The monoisotopic (exact) mass is 463 g/mol. The first-order chi connectivity index (χ1) is 15.6. The molecule has 12 nitrogen and oxygen atoms in total. The number of urea groups is 1. The summed E-state index contributed by atoms with van der Waals surface area (Å²) < 4.78 is 15.4. The molecule has 0 saturated heterocycles. The number of carbonyl (C=O) groups is 4. The number of rotatable bonds is 8. The van der Waals surface area contributed by atoms with Gasteiger partial charge in [-0.15, -0.1) is 0 Å². The average molecular weight is 463 g/mol. The number of benzene rings is 1. The number of carbonyl (C=O) groups excluding carboxylic acids is 4. The largest absolute Gasteiger partial charge is 0.467 e. The number of hydrazine groups is 1. The van der Waals surface area contributed by atoms with Gasteiger partial charge in [-0.25, -0.2) is 24.6 Å². The second-order valence-corrected chi connectivity index (χ2v) is 7.35. The third-order valence-electron chi connectivity index (χ3n) is 4.97. The molecule has 0 fully saturated rings. The molecule has 180 valence electrons. The predicted octanol–water partition coefficient (Wildman–Crippen LogP) is 0.448. The number of primary amides is 1. The van der Waals surface area contributed by atoms with Crippen LogP contribution >= 0.6 is 0 Å². The summed E-state index contributed by atoms with van der Waals surface area (Å²) in [6.45, 7) is 2.98. The van der Waals surface area contributed by atoms with E-state index in [1.165, 1.54) is 16.8 Å². The molecule has 1 aromatic rings. The van der Waals surface area contributed by atoms with Crippen molar-refractivity contribution in [2.75, 3.05) is 27.8 Å². The molecule has 33 heavy (non-hydrogen) atoms. The van der Waals surface area contributed by atoms with Crippen molar-refractivity contribution in [1.82, 2.24) is 20.7 Å². The molecule has 1 heterocycles. The van der Waals surface area contributed by atoms with E-state index in [0.29, 0.717) is 5.56 Å². The molecular formula is C21H29N5O7. The fourth-order valence-corrected chi connectivity index (χ4v) is 3.77. The smallest absolute Gasteiger partial charge is 0.408 e. The van der Waals surface area contributed by atoms with Crippen molar-refractivity contribution in [3.8, 4) is 0 Å². The zero-order valence-corrected chi connectivity index (χ0v) is 19.2. The molecule has 2 atom stereocenters. The molecule has 1 aliphatic heterocycles. The number of amides is 3. The maximum Gasteiger partial charge on any atom is 0.408 e. The zero-order chi connectivity index (χ0) is 24.8. The topological polar surface area (TPSA) is 153 Å². The Kier molecular flexibility index (Phi) is 8.24. The van der Waals surface area contributed by atoms with E-state index in [4.69, 9.17) is 19.9 Å². The summed E-state index contributed by atoms with van der Waals surface area (Å²) in [6.07, 6.45) is -2.15. The molecule has 0 radical (unpaired) electrons. The second-order valence-electron chi connectivity index (χ2n) is 7.35. The minimum absolute atomic E-state index is 0.00119. The van der Waals surface area contributed by atoms with Crippen molar-refractivity contribution < 1.29 is 33.4 Å². The molecule has 1 aliphatic rings. The van der Waals surface area contributed by atoms with E-state index >= 15 is 0 Å². The Balaban J connectivity index is 2.56. The first-order valence-electron chi connectivity index (χ1n) is 10.1. The van der Waals surface area contributed by atoms with E-state index in [1.807, 2.05) is 6.07 Å². The van der Waals surface area contributed by atoms with Crippen LogP contribution in [0.3, 0.4) is 0 Å². The van der Waals surface area contributed by atoms with Crippen molar-refractivity contribution >= 4 is 24.1 Å². The number of nitrogens with one attached hydrogen (secondary N) is 2. The predicted molar refractivity (Wildman–Crippen MR) is 116 cm³/mol. The molecule has 0 aliphatic carbocycles. The van der Waals surface area contributed by atoms with E-state index < -0.39 is 35.8 Å². The normalized spacial score (nSPS) is 19.8. The van der Waals surface area contributed by atoms with Gasteiger partial charge in [0.2, 0.25) is 5.54 Å². The van der Waals surface area contributed by atoms with Gasteiger partial charge in [-0.3, -0.25) is 15.2 Å². The number of likely N-dealkylation sites (N-methyl/N-ethyl adjacent to an activating group) is 1. The number of nitrogens with zero attached hydrogens (tertiary/aromatic N) is 2. The van der Waals surface area contributed by atoms with Gasteiger partial charge >= 0.3 is 24.1 Å². The van der Waals surface area contributed by atoms with Gasteiger partial charge in [0.1, 0.15) is 12.8 Å². The Morgan fingerprint density at radius 1 is 1.15 bits per heavy atom.